The van der Waals surface area contributed by atoms with Crippen molar-refractivity contribution >= 4 is 27.9 Å². The third-order valence-electron chi connectivity index (χ3n) is 3.14. The smallest absolute Gasteiger partial charge is 0.405 e. The lowest BCUT2D eigenvalue weighted by molar-refractivity contribution is -0.274. The maximum atomic E-state index is 12.5. The van der Waals surface area contributed by atoms with Crippen molar-refractivity contribution in [2.45, 2.75) is 12.9 Å². The predicted molar refractivity (Wildman–Crippen MR) is 87.3 cm³/mol. The largest absolute Gasteiger partial charge is 0.573 e. The number of pyridine rings is 1. The van der Waals surface area contributed by atoms with Crippen LogP contribution in [0.5, 0.6) is 5.75 Å². The molecule has 0 radical (unpaired) electrons. The van der Waals surface area contributed by atoms with Gasteiger partial charge in [-0.15, -0.1) is 13.2 Å². The van der Waals surface area contributed by atoms with Gasteiger partial charge in [-0.1, -0.05) is 22.0 Å². The Labute approximate surface area is 153 Å². The van der Waals surface area contributed by atoms with Crippen LogP contribution in [0.15, 0.2) is 41.0 Å². The van der Waals surface area contributed by atoms with Gasteiger partial charge in [0.2, 0.25) is 0 Å². The van der Waals surface area contributed by atoms with Crippen molar-refractivity contribution in [1.29, 1.82) is 5.41 Å². The summed E-state index contributed by atoms with van der Waals surface area (Å²) in [4.78, 5) is 23.3. The molecule has 0 aliphatic carbocycles. The first-order chi connectivity index (χ1) is 12.1. The molecule has 0 aliphatic heterocycles. The molecule has 1 aromatic carbocycles. The first kappa shape index (κ1) is 19.5. The van der Waals surface area contributed by atoms with Gasteiger partial charge in [-0.05, 0) is 24.3 Å². The summed E-state index contributed by atoms with van der Waals surface area (Å²) in [6.07, 6.45) is -3.81. The van der Waals surface area contributed by atoms with Crippen molar-refractivity contribution in [3.05, 3.63) is 57.6 Å². The molecule has 2 rings (SSSR count). The van der Waals surface area contributed by atoms with Gasteiger partial charge in [-0.25, -0.2) is 4.79 Å². The van der Waals surface area contributed by atoms with Crippen molar-refractivity contribution in [2.24, 2.45) is 5.73 Å². The number of carbonyl (C=O) groups is 2. The minimum Gasteiger partial charge on any atom is -0.405 e. The maximum absolute atomic E-state index is 12.5. The van der Waals surface area contributed by atoms with Gasteiger partial charge < -0.3 is 15.8 Å². The van der Waals surface area contributed by atoms with E-state index in [4.69, 9.17) is 11.1 Å². The number of primary amides is 1. The van der Waals surface area contributed by atoms with Crippen LogP contribution < -0.4 is 21.3 Å². The summed E-state index contributed by atoms with van der Waals surface area (Å²) in [5.74, 6) is -1.12. The average molecular weight is 433 g/mol. The van der Waals surface area contributed by atoms with Crippen LogP contribution in [-0.2, 0) is 6.54 Å². The van der Waals surface area contributed by atoms with Crippen molar-refractivity contribution in [2.75, 3.05) is 0 Å². The van der Waals surface area contributed by atoms with Crippen LogP contribution in [-0.4, -0.2) is 22.9 Å². The Morgan fingerprint density at radius 1 is 1.27 bits per heavy atom. The second-order valence-corrected chi connectivity index (χ2v) is 5.91. The normalized spacial score (nSPS) is 11.1. The number of benzene rings is 1. The summed E-state index contributed by atoms with van der Waals surface area (Å²) in [6.45, 7) is -0.253. The highest BCUT2D eigenvalue weighted by atomic mass is 79.9. The molecule has 1 heterocycles. The van der Waals surface area contributed by atoms with Crippen molar-refractivity contribution in [3.63, 3.8) is 0 Å². The highest BCUT2D eigenvalue weighted by Crippen LogP contribution is 2.29. The number of alkyl halides is 3. The molecule has 0 fully saturated rings. The van der Waals surface area contributed by atoms with Gasteiger partial charge in [0.25, 0.3) is 5.91 Å². The summed E-state index contributed by atoms with van der Waals surface area (Å²) in [7, 11) is 0. The molecule has 2 amide bonds. The first-order valence-electron chi connectivity index (χ1n) is 6.96. The van der Waals surface area contributed by atoms with Crippen molar-refractivity contribution in [3.8, 4) is 5.75 Å². The summed E-state index contributed by atoms with van der Waals surface area (Å²) in [6, 6.07) is 5.52. The number of halogens is 4. The third kappa shape index (κ3) is 5.09. The molecule has 11 heteroatoms. The van der Waals surface area contributed by atoms with Crippen molar-refractivity contribution < 1.29 is 27.5 Å². The van der Waals surface area contributed by atoms with Crippen LogP contribution >= 0.6 is 15.9 Å². The monoisotopic (exact) mass is 432 g/mol. The number of hydrogen-bond donors (Lipinski definition) is 3. The summed E-state index contributed by atoms with van der Waals surface area (Å²) < 4.78 is 42.5. The van der Waals surface area contributed by atoms with Gasteiger partial charge in [0.1, 0.15) is 11.2 Å². The van der Waals surface area contributed by atoms with E-state index in [-0.39, 0.29) is 23.2 Å². The van der Waals surface area contributed by atoms with Crippen LogP contribution in [0.4, 0.5) is 18.0 Å². The molecule has 26 heavy (non-hydrogen) atoms. The first-order valence-corrected chi connectivity index (χ1v) is 7.75. The van der Waals surface area contributed by atoms with E-state index >= 15 is 0 Å². The summed E-state index contributed by atoms with van der Waals surface area (Å²) in [5, 5.41) is 9.93. The molecule has 138 valence electrons. The lowest BCUT2D eigenvalue weighted by Crippen LogP contribution is -2.33. The SMILES string of the molecule is N=c1ccc(C(=O)NCc2ccc(Br)cc2OC(F)(F)F)cn1C(N)=O. The second-order valence-electron chi connectivity index (χ2n) is 4.99. The van der Waals surface area contributed by atoms with Crippen LogP contribution in [0.3, 0.4) is 0 Å². The fourth-order valence-electron chi connectivity index (χ4n) is 1.99. The van der Waals surface area contributed by atoms with Gasteiger partial charge in [0.05, 0.1) is 5.56 Å². The molecule has 0 spiro atoms. The standard InChI is InChI=1S/C15H12BrF3N4O3/c16-10-3-1-8(11(5-10)26-15(17,18)19)6-22-13(24)9-2-4-12(20)23(7-9)14(21)25/h1-5,7,20H,6H2,(H2,21,25)(H,22,24). The average Bonchev–Trinajstić information content (AvgIpc) is 2.52. The van der Waals surface area contributed by atoms with E-state index in [2.05, 4.69) is 26.0 Å². The Bertz CT molecular complexity index is 912. The minimum atomic E-state index is -4.88. The molecule has 2 aromatic rings. The highest BCUT2D eigenvalue weighted by molar-refractivity contribution is 9.10. The number of rotatable bonds is 4. The van der Waals surface area contributed by atoms with E-state index in [0.717, 1.165) is 16.8 Å². The maximum Gasteiger partial charge on any atom is 0.573 e. The third-order valence-corrected chi connectivity index (χ3v) is 3.64. The summed E-state index contributed by atoms with van der Waals surface area (Å²) in [5.41, 5.74) is 4.97. The lowest BCUT2D eigenvalue weighted by Gasteiger charge is -2.14. The van der Waals surface area contributed by atoms with E-state index < -0.39 is 24.1 Å². The molecule has 0 bridgehead atoms. The number of amides is 2. The van der Waals surface area contributed by atoms with E-state index in [1.807, 2.05) is 0 Å². The minimum absolute atomic E-state index is 0.00945. The fourth-order valence-corrected chi connectivity index (χ4v) is 2.33. The number of ether oxygens (including phenoxy) is 1. The fraction of sp³-hybridized carbons (Fsp3) is 0.133. The molecular formula is C15H12BrF3N4O3. The molecule has 4 N–H and O–H groups in total. The highest BCUT2D eigenvalue weighted by Gasteiger charge is 2.32. The number of nitrogens with two attached hydrogens (primary N) is 1. The molecular weight excluding hydrogens is 421 g/mol. The predicted octanol–water partition coefficient (Wildman–Crippen LogP) is 2.49. The Hall–Kier alpha value is -2.82. The van der Waals surface area contributed by atoms with Gasteiger partial charge in [-0.3, -0.25) is 14.8 Å². The number of nitrogens with zero attached hydrogens (tertiary/aromatic N) is 1. The van der Waals surface area contributed by atoms with Crippen LogP contribution in [0, 0.1) is 5.41 Å². The number of carbonyl (C=O) groups excluding carboxylic acids is 2. The van der Waals surface area contributed by atoms with Crippen LogP contribution in [0.25, 0.3) is 0 Å². The Balaban J connectivity index is 2.19. The number of nitrogens with one attached hydrogen (secondary N) is 2. The van der Waals surface area contributed by atoms with Crippen LogP contribution in [0.1, 0.15) is 15.9 Å². The van der Waals surface area contributed by atoms with Gasteiger partial charge >= 0.3 is 12.4 Å². The van der Waals surface area contributed by atoms with E-state index in [1.54, 1.807) is 0 Å². The van der Waals surface area contributed by atoms with E-state index in [1.165, 1.54) is 24.3 Å². The molecule has 0 saturated carbocycles. The second kappa shape index (κ2) is 7.60. The molecule has 0 saturated heterocycles. The zero-order valence-corrected chi connectivity index (χ0v) is 14.5. The topological polar surface area (TPSA) is 110 Å². The quantitative estimate of drug-likeness (QED) is 0.689. The molecule has 1 aromatic heterocycles. The van der Waals surface area contributed by atoms with Gasteiger partial charge in [0.15, 0.2) is 0 Å². The molecule has 0 atom stereocenters. The van der Waals surface area contributed by atoms with Gasteiger partial charge in [-0.2, -0.15) is 0 Å². The van der Waals surface area contributed by atoms with Gasteiger partial charge in [0, 0.05) is 22.8 Å². The zero-order chi connectivity index (χ0) is 19.5. The number of hydrogen-bond acceptors (Lipinski definition) is 4. The Morgan fingerprint density at radius 3 is 2.58 bits per heavy atom. The lowest BCUT2D eigenvalue weighted by atomic mass is 10.2. The Morgan fingerprint density at radius 2 is 1.96 bits per heavy atom. The van der Waals surface area contributed by atoms with Crippen molar-refractivity contribution in [1.82, 2.24) is 9.88 Å². The summed E-state index contributed by atoms with van der Waals surface area (Å²) >= 11 is 3.05. The van der Waals surface area contributed by atoms with Crippen LogP contribution in [0.2, 0.25) is 0 Å². The molecule has 0 aliphatic rings. The Kier molecular flexibility index (Phi) is 5.70. The number of aromatic nitrogens is 1. The van der Waals surface area contributed by atoms with E-state index in [9.17, 15) is 22.8 Å². The zero-order valence-electron chi connectivity index (χ0n) is 12.9. The molecule has 0 unspecified atom stereocenters. The molecule has 7 nitrogen and oxygen atoms in total. The van der Waals surface area contributed by atoms with E-state index in [0.29, 0.717) is 4.47 Å².